The number of nitrogens with zero attached hydrogens (tertiary/aromatic N) is 1. The molecule has 3 nitrogen and oxygen atoms in total. The van der Waals surface area contributed by atoms with Gasteiger partial charge in [0.05, 0.1) is 12.7 Å². The minimum absolute atomic E-state index is 0.225. The van der Waals surface area contributed by atoms with Crippen LogP contribution in [-0.2, 0) is 6.54 Å². The monoisotopic (exact) mass is 206 g/mol. The van der Waals surface area contributed by atoms with Gasteiger partial charge in [-0.1, -0.05) is 0 Å². The van der Waals surface area contributed by atoms with Crippen LogP contribution in [0.4, 0.5) is 4.39 Å². The van der Waals surface area contributed by atoms with Gasteiger partial charge in [-0.15, -0.1) is 0 Å². The first-order valence-electron chi connectivity index (χ1n) is 4.62. The number of halogens is 1. The summed E-state index contributed by atoms with van der Waals surface area (Å²) in [4.78, 5) is 3.98. The first kappa shape index (κ1) is 9.86. The fourth-order valence-electron chi connectivity index (χ4n) is 1.34. The molecule has 1 aromatic heterocycles. The number of nitrogens with two attached hydrogens (primary N) is 1. The van der Waals surface area contributed by atoms with E-state index in [2.05, 4.69) is 4.98 Å². The standard InChI is InChI=1S/C11H11FN2O/c1-7-4-8(2-3-9(7)12)10-6-14-11(5-13)15-10/h2-4,6H,5,13H2,1H3. The van der Waals surface area contributed by atoms with Crippen molar-refractivity contribution >= 4 is 0 Å². The highest BCUT2D eigenvalue weighted by Gasteiger charge is 2.06. The SMILES string of the molecule is Cc1cc(-c2cnc(CN)o2)ccc1F. The highest BCUT2D eigenvalue weighted by atomic mass is 19.1. The van der Waals surface area contributed by atoms with Crippen molar-refractivity contribution in [1.29, 1.82) is 0 Å². The van der Waals surface area contributed by atoms with E-state index in [0.717, 1.165) is 5.56 Å². The summed E-state index contributed by atoms with van der Waals surface area (Å²) >= 11 is 0. The van der Waals surface area contributed by atoms with E-state index < -0.39 is 0 Å². The van der Waals surface area contributed by atoms with E-state index in [1.807, 2.05) is 0 Å². The largest absolute Gasteiger partial charge is 0.439 e. The molecule has 2 N–H and O–H groups in total. The lowest BCUT2D eigenvalue weighted by atomic mass is 10.1. The summed E-state index contributed by atoms with van der Waals surface area (Å²) in [6, 6.07) is 4.79. The molecule has 0 radical (unpaired) electrons. The number of oxazole rings is 1. The van der Waals surface area contributed by atoms with Crippen LogP contribution >= 0.6 is 0 Å². The van der Waals surface area contributed by atoms with Crippen LogP contribution in [-0.4, -0.2) is 4.98 Å². The van der Waals surface area contributed by atoms with Crippen molar-refractivity contribution in [1.82, 2.24) is 4.98 Å². The fourth-order valence-corrected chi connectivity index (χ4v) is 1.34. The molecule has 4 heteroatoms. The van der Waals surface area contributed by atoms with Gasteiger partial charge < -0.3 is 10.2 Å². The van der Waals surface area contributed by atoms with Gasteiger partial charge in [-0.05, 0) is 30.7 Å². The Labute approximate surface area is 86.7 Å². The molecule has 0 amide bonds. The summed E-state index contributed by atoms with van der Waals surface area (Å²) in [5.74, 6) is 0.864. The lowest BCUT2D eigenvalue weighted by Crippen LogP contribution is -1.94. The molecule has 15 heavy (non-hydrogen) atoms. The number of rotatable bonds is 2. The van der Waals surface area contributed by atoms with Gasteiger partial charge in [0, 0.05) is 5.56 Å². The average Bonchev–Trinajstić information content (AvgIpc) is 2.70. The van der Waals surface area contributed by atoms with Gasteiger partial charge in [-0.2, -0.15) is 0 Å². The van der Waals surface area contributed by atoms with Crippen LogP contribution in [0.1, 0.15) is 11.5 Å². The van der Waals surface area contributed by atoms with Crippen LogP contribution in [0, 0.1) is 12.7 Å². The average molecular weight is 206 g/mol. The number of hydrogen-bond donors (Lipinski definition) is 1. The third-order valence-electron chi connectivity index (χ3n) is 2.17. The van der Waals surface area contributed by atoms with Crippen molar-refractivity contribution in [3.05, 3.63) is 41.7 Å². The summed E-state index contributed by atoms with van der Waals surface area (Å²) in [7, 11) is 0. The molecule has 0 unspecified atom stereocenters. The van der Waals surface area contributed by atoms with Gasteiger partial charge in [0.25, 0.3) is 0 Å². The Morgan fingerprint density at radius 1 is 1.47 bits per heavy atom. The Hall–Kier alpha value is -1.68. The molecule has 2 rings (SSSR count). The van der Waals surface area contributed by atoms with Crippen molar-refractivity contribution in [2.24, 2.45) is 5.73 Å². The Balaban J connectivity index is 2.40. The van der Waals surface area contributed by atoms with Gasteiger partial charge in [-0.3, -0.25) is 0 Å². The third kappa shape index (κ3) is 1.89. The van der Waals surface area contributed by atoms with E-state index >= 15 is 0 Å². The van der Waals surface area contributed by atoms with E-state index in [4.69, 9.17) is 10.2 Å². The zero-order chi connectivity index (χ0) is 10.8. The van der Waals surface area contributed by atoms with Crippen molar-refractivity contribution in [3.8, 4) is 11.3 Å². The molecule has 0 spiro atoms. The number of hydrogen-bond acceptors (Lipinski definition) is 3. The number of aryl methyl sites for hydroxylation is 1. The van der Waals surface area contributed by atoms with Crippen LogP contribution in [0.25, 0.3) is 11.3 Å². The quantitative estimate of drug-likeness (QED) is 0.819. The van der Waals surface area contributed by atoms with E-state index in [0.29, 0.717) is 17.2 Å². The van der Waals surface area contributed by atoms with Crippen molar-refractivity contribution < 1.29 is 8.81 Å². The van der Waals surface area contributed by atoms with Crippen molar-refractivity contribution in [2.75, 3.05) is 0 Å². The molecule has 0 aliphatic rings. The summed E-state index contributed by atoms with van der Waals surface area (Å²) < 4.78 is 18.4. The maximum Gasteiger partial charge on any atom is 0.208 e. The lowest BCUT2D eigenvalue weighted by molar-refractivity contribution is 0.509. The summed E-state index contributed by atoms with van der Waals surface area (Å²) in [6.07, 6.45) is 1.59. The Bertz CT molecular complexity index is 479. The van der Waals surface area contributed by atoms with Gasteiger partial charge >= 0.3 is 0 Å². The van der Waals surface area contributed by atoms with Gasteiger partial charge in [-0.25, -0.2) is 9.37 Å². The molecule has 78 valence electrons. The predicted molar refractivity (Wildman–Crippen MR) is 54.5 cm³/mol. The Morgan fingerprint density at radius 2 is 2.27 bits per heavy atom. The lowest BCUT2D eigenvalue weighted by Gasteiger charge is -1.99. The van der Waals surface area contributed by atoms with E-state index in [-0.39, 0.29) is 12.4 Å². The maximum atomic E-state index is 13.0. The van der Waals surface area contributed by atoms with Crippen LogP contribution in [0.15, 0.2) is 28.8 Å². The summed E-state index contributed by atoms with van der Waals surface area (Å²) in [5, 5.41) is 0. The Kier molecular flexibility index (Phi) is 2.51. The minimum atomic E-state index is -0.225. The topological polar surface area (TPSA) is 52.0 Å². The molecule has 0 aliphatic carbocycles. The normalized spacial score (nSPS) is 10.6. The minimum Gasteiger partial charge on any atom is -0.439 e. The predicted octanol–water partition coefficient (Wildman–Crippen LogP) is 2.25. The van der Waals surface area contributed by atoms with Crippen molar-refractivity contribution in [2.45, 2.75) is 13.5 Å². The van der Waals surface area contributed by atoms with Gasteiger partial charge in [0.15, 0.2) is 5.76 Å². The fraction of sp³-hybridized carbons (Fsp3) is 0.182. The molecule has 1 heterocycles. The van der Waals surface area contributed by atoms with Crippen LogP contribution < -0.4 is 5.73 Å². The van der Waals surface area contributed by atoms with Crippen LogP contribution in [0.2, 0.25) is 0 Å². The second kappa shape index (κ2) is 3.82. The third-order valence-corrected chi connectivity index (χ3v) is 2.17. The smallest absolute Gasteiger partial charge is 0.208 e. The van der Waals surface area contributed by atoms with E-state index in [1.165, 1.54) is 6.07 Å². The number of aromatic nitrogens is 1. The first-order valence-corrected chi connectivity index (χ1v) is 4.62. The van der Waals surface area contributed by atoms with Crippen LogP contribution in [0.3, 0.4) is 0 Å². The molecule has 0 saturated heterocycles. The molecular formula is C11H11FN2O. The van der Waals surface area contributed by atoms with Gasteiger partial charge in [0.2, 0.25) is 5.89 Å². The maximum absolute atomic E-state index is 13.0. The molecular weight excluding hydrogens is 195 g/mol. The highest BCUT2D eigenvalue weighted by Crippen LogP contribution is 2.22. The Morgan fingerprint density at radius 3 is 2.87 bits per heavy atom. The molecule has 1 aromatic carbocycles. The van der Waals surface area contributed by atoms with E-state index in [9.17, 15) is 4.39 Å². The molecule has 0 aliphatic heterocycles. The van der Waals surface area contributed by atoms with E-state index in [1.54, 1.807) is 25.3 Å². The van der Waals surface area contributed by atoms with Crippen molar-refractivity contribution in [3.63, 3.8) is 0 Å². The zero-order valence-electron chi connectivity index (χ0n) is 8.33. The van der Waals surface area contributed by atoms with Crippen LogP contribution in [0.5, 0.6) is 0 Å². The summed E-state index contributed by atoms with van der Waals surface area (Å²) in [5.41, 5.74) is 6.77. The van der Waals surface area contributed by atoms with Gasteiger partial charge in [0.1, 0.15) is 5.82 Å². The number of benzene rings is 1. The molecule has 0 atom stereocenters. The summed E-state index contributed by atoms with van der Waals surface area (Å²) in [6.45, 7) is 1.97. The molecule has 0 fully saturated rings. The first-order chi connectivity index (χ1) is 7.20. The molecule has 0 bridgehead atoms. The molecule has 0 saturated carbocycles. The zero-order valence-corrected chi connectivity index (χ0v) is 8.33. The second-order valence-electron chi connectivity index (χ2n) is 3.29. The second-order valence-corrected chi connectivity index (χ2v) is 3.29. The highest BCUT2D eigenvalue weighted by molar-refractivity contribution is 5.57. The molecule has 2 aromatic rings.